The molecule has 0 atom stereocenters. The first-order chi connectivity index (χ1) is 14.2. The summed E-state index contributed by atoms with van der Waals surface area (Å²) in [5, 5.41) is 6.66. The van der Waals surface area contributed by atoms with E-state index in [1.165, 1.54) is 0 Å². The second-order valence-electron chi connectivity index (χ2n) is 7.02. The predicted octanol–water partition coefficient (Wildman–Crippen LogP) is 4.82. The van der Waals surface area contributed by atoms with Gasteiger partial charge in [0.1, 0.15) is 0 Å². The number of rotatable bonds is 10. The zero-order chi connectivity index (χ0) is 22.7. The Morgan fingerprint density at radius 2 is 1.93 bits per heavy atom. The maximum absolute atomic E-state index is 12.7. The highest BCUT2D eigenvalue weighted by Crippen LogP contribution is 2.23. The number of amides is 1. The molecular weight excluding hydrogens is 398 g/mol. The van der Waals surface area contributed by atoms with E-state index in [-0.39, 0.29) is 12.5 Å². The highest BCUT2D eigenvalue weighted by Gasteiger charge is 2.12. The second-order valence-corrected chi connectivity index (χ2v) is 7.42. The molecule has 0 saturated heterocycles. The predicted molar refractivity (Wildman–Crippen MR) is 127 cm³/mol. The Hall–Kier alpha value is -2.60. The summed E-state index contributed by atoms with van der Waals surface area (Å²) in [6.07, 6.45) is 7.39. The van der Waals surface area contributed by atoms with Crippen molar-refractivity contribution < 1.29 is 9.53 Å². The lowest BCUT2D eigenvalue weighted by atomic mass is 10.1. The van der Waals surface area contributed by atoms with Crippen molar-refractivity contribution in [2.24, 2.45) is 5.73 Å². The first-order valence-electron chi connectivity index (χ1n) is 9.65. The average molecular weight is 430 g/mol. The van der Waals surface area contributed by atoms with Crippen LogP contribution in [0.5, 0.6) is 0 Å². The summed E-state index contributed by atoms with van der Waals surface area (Å²) in [6, 6.07) is 5.57. The summed E-state index contributed by atoms with van der Waals surface area (Å²) in [7, 11) is 1.55. The summed E-state index contributed by atoms with van der Waals surface area (Å²) >= 11 is 6.32. The van der Waals surface area contributed by atoms with E-state index in [2.05, 4.69) is 17.2 Å². The standard InChI is InChI=1S/C24H32ClN3O2/c1-7-21(28-18(5)22-12-19(14-26)10-11-23(22)25)13-20(15-30-6)24(29)27-17(4)9-8-16(2)3/h7-13,28H,5,14-15,26H2,1-4,6H3,(H,27,29)/b17-9+,20-13+,21-7+. The van der Waals surface area contributed by atoms with Gasteiger partial charge in [0, 0.05) is 46.9 Å². The van der Waals surface area contributed by atoms with Gasteiger partial charge < -0.3 is 21.1 Å². The van der Waals surface area contributed by atoms with Crippen LogP contribution in [0.3, 0.4) is 0 Å². The van der Waals surface area contributed by atoms with Gasteiger partial charge in [-0.3, -0.25) is 4.79 Å². The van der Waals surface area contributed by atoms with E-state index in [9.17, 15) is 4.79 Å². The molecule has 1 rings (SSSR count). The number of nitrogens with two attached hydrogens (primary N) is 1. The van der Waals surface area contributed by atoms with Crippen LogP contribution in [0.2, 0.25) is 5.02 Å². The first kappa shape index (κ1) is 25.4. The number of ether oxygens (including phenoxy) is 1. The molecule has 0 radical (unpaired) electrons. The average Bonchev–Trinajstić information content (AvgIpc) is 2.71. The zero-order valence-corrected chi connectivity index (χ0v) is 19.2. The van der Waals surface area contributed by atoms with Crippen molar-refractivity contribution >= 4 is 23.2 Å². The molecule has 1 amide bonds. The van der Waals surface area contributed by atoms with Crippen LogP contribution in [0.25, 0.3) is 5.70 Å². The van der Waals surface area contributed by atoms with Crippen LogP contribution in [-0.4, -0.2) is 19.6 Å². The fourth-order valence-corrected chi connectivity index (χ4v) is 2.70. The summed E-state index contributed by atoms with van der Waals surface area (Å²) in [6.45, 7) is 12.3. The molecule has 1 aromatic carbocycles. The molecule has 0 fully saturated rings. The third kappa shape index (κ3) is 8.41. The number of benzene rings is 1. The molecule has 0 aliphatic heterocycles. The highest BCUT2D eigenvalue weighted by molar-refractivity contribution is 6.32. The molecule has 1 aromatic rings. The van der Waals surface area contributed by atoms with Crippen LogP contribution in [0.1, 0.15) is 38.8 Å². The fraction of sp³-hybridized carbons (Fsp3) is 0.292. The van der Waals surface area contributed by atoms with Gasteiger partial charge >= 0.3 is 0 Å². The number of carbonyl (C=O) groups is 1. The van der Waals surface area contributed by atoms with Gasteiger partial charge in [-0.1, -0.05) is 42.0 Å². The van der Waals surface area contributed by atoms with Crippen molar-refractivity contribution in [1.82, 2.24) is 10.6 Å². The van der Waals surface area contributed by atoms with Crippen molar-refractivity contribution in [2.75, 3.05) is 13.7 Å². The van der Waals surface area contributed by atoms with Gasteiger partial charge in [0.05, 0.1) is 6.61 Å². The van der Waals surface area contributed by atoms with Crippen molar-refractivity contribution in [1.29, 1.82) is 0 Å². The molecule has 0 saturated carbocycles. The van der Waals surface area contributed by atoms with Crippen molar-refractivity contribution in [3.8, 4) is 0 Å². The third-order valence-electron chi connectivity index (χ3n) is 4.10. The minimum Gasteiger partial charge on any atom is -0.380 e. The van der Waals surface area contributed by atoms with Crippen molar-refractivity contribution in [3.05, 3.63) is 87.8 Å². The molecule has 5 nitrogen and oxygen atoms in total. The largest absolute Gasteiger partial charge is 0.380 e. The number of hydrogen-bond donors (Lipinski definition) is 3. The lowest BCUT2D eigenvalue weighted by Crippen LogP contribution is -2.26. The van der Waals surface area contributed by atoms with Gasteiger partial charge in [-0.05, 0) is 57.5 Å². The normalized spacial score (nSPS) is 12.4. The van der Waals surface area contributed by atoms with Gasteiger partial charge in [0.15, 0.2) is 0 Å². The van der Waals surface area contributed by atoms with E-state index in [1.54, 1.807) is 19.3 Å². The molecule has 0 spiro atoms. The smallest absolute Gasteiger partial charge is 0.253 e. The molecule has 162 valence electrons. The third-order valence-corrected chi connectivity index (χ3v) is 4.43. The molecule has 30 heavy (non-hydrogen) atoms. The molecule has 0 aliphatic rings. The molecule has 0 aliphatic carbocycles. The summed E-state index contributed by atoms with van der Waals surface area (Å²) in [5.41, 5.74) is 11.1. The molecule has 0 bridgehead atoms. The molecular formula is C24H32ClN3O2. The van der Waals surface area contributed by atoms with Gasteiger partial charge in [0.25, 0.3) is 5.91 Å². The quantitative estimate of drug-likeness (QED) is 0.368. The van der Waals surface area contributed by atoms with Crippen molar-refractivity contribution in [2.45, 2.75) is 34.2 Å². The second kappa shape index (κ2) is 12.9. The van der Waals surface area contributed by atoms with Crippen LogP contribution in [0, 0.1) is 0 Å². The van der Waals surface area contributed by atoms with Gasteiger partial charge in [0.2, 0.25) is 0 Å². The number of carbonyl (C=O) groups excluding carboxylic acids is 1. The maximum atomic E-state index is 12.7. The van der Waals surface area contributed by atoms with Crippen LogP contribution >= 0.6 is 11.6 Å². The number of hydrogen-bond acceptors (Lipinski definition) is 4. The van der Waals surface area contributed by atoms with Crippen LogP contribution < -0.4 is 16.4 Å². The monoisotopic (exact) mass is 429 g/mol. The van der Waals surface area contributed by atoms with Gasteiger partial charge in [-0.2, -0.15) is 0 Å². The van der Waals surface area contributed by atoms with Crippen molar-refractivity contribution in [3.63, 3.8) is 0 Å². The zero-order valence-electron chi connectivity index (χ0n) is 18.4. The number of methoxy groups -OCH3 is 1. The first-order valence-corrected chi connectivity index (χ1v) is 10.0. The summed E-state index contributed by atoms with van der Waals surface area (Å²) in [5.74, 6) is -0.234. The lowest BCUT2D eigenvalue weighted by molar-refractivity contribution is -0.117. The molecule has 0 aromatic heterocycles. The maximum Gasteiger partial charge on any atom is 0.253 e. The SMILES string of the molecule is C=C(NC(=C/C)/C=C(\COC)C(=O)N/C(C)=C/C=C(C)C)c1cc(CN)ccc1Cl. The van der Waals surface area contributed by atoms with E-state index < -0.39 is 0 Å². The van der Waals surface area contributed by atoms with Gasteiger partial charge in [-0.15, -0.1) is 0 Å². The Kier molecular flexibility index (Phi) is 10.9. The van der Waals surface area contributed by atoms with E-state index in [0.717, 1.165) is 22.4 Å². The van der Waals surface area contributed by atoms with Crippen LogP contribution in [0.4, 0.5) is 0 Å². The number of allylic oxidation sites excluding steroid dienone is 6. The highest BCUT2D eigenvalue weighted by atomic mass is 35.5. The Balaban J connectivity index is 3.06. The Morgan fingerprint density at radius 3 is 2.50 bits per heavy atom. The summed E-state index contributed by atoms with van der Waals surface area (Å²) in [4.78, 5) is 12.7. The Morgan fingerprint density at radius 1 is 1.23 bits per heavy atom. The van der Waals surface area contributed by atoms with Gasteiger partial charge in [-0.25, -0.2) is 0 Å². The van der Waals surface area contributed by atoms with E-state index in [0.29, 0.717) is 28.5 Å². The van der Waals surface area contributed by atoms with E-state index in [1.807, 2.05) is 58.1 Å². The minimum atomic E-state index is -0.234. The molecule has 0 heterocycles. The molecule has 4 N–H and O–H groups in total. The molecule has 0 unspecified atom stereocenters. The van der Waals surface area contributed by atoms with E-state index in [4.69, 9.17) is 22.1 Å². The van der Waals surface area contributed by atoms with Crippen LogP contribution in [0.15, 0.2) is 71.6 Å². The fourth-order valence-electron chi connectivity index (χ4n) is 2.47. The minimum absolute atomic E-state index is 0.163. The lowest BCUT2D eigenvalue weighted by Gasteiger charge is -2.15. The molecule has 6 heteroatoms. The summed E-state index contributed by atoms with van der Waals surface area (Å²) < 4.78 is 5.22. The topological polar surface area (TPSA) is 76.4 Å². The number of nitrogens with one attached hydrogen (secondary N) is 2. The van der Waals surface area contributed by atoms with E-state index >= 15 is 0 Å². The Bertz CT molecular complexity index is 892. The van der Waals surface area contributed by atoms with Crippen LogP contribution in [-0.2, 0) is 16.1 Å². The Labute approximate surface area is 185 Å². The number of halogens is 1.